The Morgan fingerprint density at radius 1 is 1.31 bits per heavy atom. The topological polar surface area (TPSA) is 29.5 Å². The van der Waals surface area contributed by atoms with Crippen molar-refractivity contribution in [2.45, 2.75) is 12.5 Å². The van der Waals surface area contributed by atoms with Crippen molar-refractivity contribution in [2.75, 3.05) is 14.2 Å². The van der Waals surface area contributed by atoms with Gasteiger partial charge in [0, 0.05) is 19.5 Å². The minimum atomic E-state index is -0.00282. The molecular weight excluding hydrogens is 202 g/mol. The molecule has 3 nitrogen and oxygen atoms in total. The molecule has 0 saturated carbocycles. The van der Waals surface area contributed by atoms with Crippen LogP contribution >= 0.6 is 0 Å². The van der Waals surface area contributed by atoms with Crippen LogP contribution in [-0.4, -0.2) is 25.0 Å². The highest BCUT2D eigenvalue weighted by Crippen LogP contribution is 2.30. The second kappa shape index (κ2) is 4.39. The van der Waals surface area contributed by atoms with Gasteiger partial charge in [0.15, 0.2) is 0 Å². The van der Waals surface area contributed by atoms with Crippen molar-refractivity contribution in [2.24, 2.45) is 0 Å². The number of likely N-dealkylation sites (N-methyl/N-ethyl adjacent to an activating group) is 1. The van der Waals surface area contributed by atoms with Crippen LogP contribution in [-0.2, 0) is 9.53 Å². The molecule has 0 radical (unpaired) electrons. The Hall–Kier alpha value is -1.77. The van der Waals surface area contributed by atoms with E-state index in [9.17, 15) is 4.79 Å². The lowest BCUT2D eigenvalue weighted by Gasteiger charge is -2.31. The van der Waals surface area contributed by atoms with Crippen LogP contribution in [0.2, 0.25) is 0 Å². The first-order valence-corrected chi connectivity index (χ1v) is 5.28. The monoisotopic (exact) mass is 217 g/mol. The molecule has 1 unspecified atom stereocenters. The smallest absolute Gasteiger partial charge is 0.250 e. The summed E-state index contributed by atoms with van der Waals surface area (Å²) in [4.78, 5) is 13.5. The van der Waals surface area contributed by atoms with Gasteiger partial charge in [-0.1, -0.05) is 30.3 Å². The fourth-order valence-electron chi connectivity index (χ4n) is 1.94. The van der Waals surface area contributed by atoms with Crippen LogP contribution in [0.4, 0.5) is 0 Å². The first kappa shape index (κ1) is 10.7. The third-order valence-corrected chi connectivity index (χ3v) is 2.94. The van der Waals surface area contributed by atoms with Crippen LogP contribution in [0.5, 0.6) is 0 Å². The summed E-state index contributed by atoms with van der Waals surface area (Å²) in [6, 6.07) is 10.1. The first-order valence-electron chi connectivity index (χ1n) is 5.28. The van der Waals surface area contributed by atoms with E-state index in [0.717, 1.165) is 17.7 Å². The van der Waals surface area contributed by atoms with Gasteiger partial charge in [0.1, 0.15) is 5.76 Å². The van der Waals surface area contributed by atoms with E-state index in [1.165, 1.54) is 0 Å². The zero-order valence-corrected chi connectivity index (χ0v) is 9.51. The van der Waals surface area contributed by atoms with E-state index < -0.39 is 0 Å². The average molecular weight is 217 g/mol. The molecule has 0 aliphatic carbocycles. The molecule has 1 aliphatic rings. The number of amides is 1. The second-order valence-corrected chi connectivity index (χ2v) is 3.89. The van der Waals surface area contributed by atoms with Crippen LogP contribution in [0.15, 0.2) is 42.2 Å². The van der Waals surface area contributed by atoms with Gasteiger partial charge in [-0.2, -0.15) is 0 Å². The van der Waals surface area contributed by atoms with Crippen LogP contribution in [0.1, 0.15) is 18.0 Å². The molecule has 1 atom stereocenters. The Balaban J connectivity index is 2.29. The summed E-state index contributed by atoms with van der Waals surface area (Å²) in [7, 11) is 3.43. The third kappa shape index (κ3) is 1.94. The number of nitrogens with zero attached hydrogens (tertiary/aromatic N) is 1. The van der Waals surface area contributed by atoms with Gasteiger partial charge in [0.25, 0.3) is 0 Å². The average Bonchev–Trinajstić information content (AvgIpc) is 2.33. The van der Waals surface area contributed by atoms with Crippen LogP contribution in [0, 0.1) is 0 Å². The largest absolute Gasteiger partial charge is 0.501 e. The number of ether oxygens (including phenoxy) is 1. The number of hydrogen-bond donors (Lipinski definition) is 0. The van der Waals surface area contributed by atoms with E-state index in [-0.39, 0.29) is 11.9 Å². The Morgan fingerprint density at radius 2 is 2.00 bits per heavy atom. The first-order chi connectivity index (χ1) is 7.72. The highest BCUT2D eigenvalue weighted by molar-refractivity contribution is 5.89. The number of rotatable bonds is 2. The molecule has 0 bridgehead atoms. The summed E-state index contributed by atoms with van der Waals surface area (Å²) in [5.41, 5.74) is 1.14. The zero-order chi connectivity index (χ0) is 11.5. The predicted octanol–water partition coefficient (Wildman–Crippen LogP) is 2.12. The van der Waals surface area contributed by atoms with E-state index >= 15 is 0 Å². The van der Waals surface area contributed by atoms with Crippen molar-refractivity contribution >= 4 is 5.91 Å². The molecule has 0 spiro atoms. The lowest BCUT2D eigenvalue weighted by atomic mass is 9.98. The van der Waals surface area contributed by atoms with Gasteiger partial charge in [-0.3, -0.25) is 4.79 Å². The summed E-state index contributed by atoms with van der Waals surface area (Å²) >= 11 is 0. The van der Waals surface area contributed by atoms with Gasteiger partial charge < -0.3 is 9.64 Å². The summed E-state index contributed by atoms with van der Waals surface area (Å²) in [6.45, 7) is 0. The van der Waals surface area contributed by atoms with Crippen LogP contribution in [0.25, 0.3) is 0 Å². The molecule has 0 aromatic heterocycles. The summed E-state index contributed by atoms with van der Waals surface area (Å²) in [5.74, 6) is 0.744. The van der Waals surface area contributed by atoms with Gasteiger partial charge in [0.05, 0.1) is 13.2 Å². The molecule has 1 amide bonds. The van der Waals surface area contributed by atoms with Crippen molar-refractivity contribution in [3.05, 3.63) is 47.7 Å². The molecule has 1 aromatic carbocycles. The lowest BCUT2D eigenvalue weighted by Crippen LogP contribution is -2.33. The minimum Gasteiger partial charge on any atom is -0.501 e. The van der Waals surface area contributed by atoms with E-state index in [4.69, 9.17) is 4.74 Å². The summed E-state index contributed by atoms with van der Waals surface area (Å²) in [6.07, 6.45) is 2.29. The van der Waals surface area contributed by atoms with E-state index in [2.05, 4.69) is 0 Å². The molecule has 0 fully saturated rings. The fraction of sp³-hybridized carbons (Fsp3) is 0.308. The molecule has 0 saturated heterocycles. The molecular formula is C13H15NO2. The van der Waals surface area contributed by atoms with E-state index in [0.29, 0.717) is 0 Å². The lowest BCUT2D eigenvalue weighted by molar-refractivity contribution is -0.128. The van der Waals surface area contributed by atoms with Gasteiger partial charge in [-0.05, 0) is 5.56 Å². The van der Waals surface area contributed by atoms with Crippen molar-refractivity contribution in [3.63, 3.8) is 0 Å². The molecule has 16 heavy (non-hydrogen) atoms. The maximum absolute atomic E-state index is 11.7. The Labute approximate surface area is 95.3 Å². The number of hydrogen-bond acceptors (Lipinski definition) is 2. The standard InChI is InChI=1S/C13H15NO2/c1-14-12(10-6-4-3-5-7-10)8-11(16-2)9-13(14)15/h3-7,9,12H,8H2,1-2H3. The number of benzene rings is 1. The quantitative estimate of drug-likeness (QED) is 0.759. The van der Waals surface area contributed by atoms with Gasteiger partial charge in [-0.25, -0.2) is 0 Å². The fourth-order valence-corrected chi connectivity index (χ4v) is 1.94. The van der Waals surface area contributed by atoms with Gasteiger partial charge >= 0.3 is 0 Å². The molecule has 1 aromatic rings. The maximum Gasteiger partial charge on any atom is 0.250 e. The Morgan fingerprint density at radius 3 is 2.62 bits per heavy atom. The molecule has 0 N–H and O–H groups in total. The van der Waals surface area contributed by atoms with E-state index in [1.54, 1.807) is 18.1 Å². The van der Waals surface area contributed by atoms with Gasteiger partial charge in [-0.15, -0.1) is 0 Å². The van der Waals surface area contributed by atoms with Crippen molar-refractivity contribution < 1.29 is 9.53 Å². The summed E-state index contributed by atoms with van der Waals surface area (Å²) < 4.78 is 5.18. The van der Waals surface area contributed by atoms with E-state index in [1.807, 2.05) is 37.4 Å². The molecule has 3 heteroatoms. The third-order valence-electron chi connectivity index (χ3n) is 2.94. The number of carbonyl (C=O) groups is 1. The maximum atomic E-state index is 11.7. The Kier molecular flexibility index (Phi) is 2.95. The molecule has 2 rings (SSSR count). The minimum absolute atomic E-state index is 0.00282. The highest BCUT2D eigenvalue weighted by atomic mass is 16.5. The Bertz CT molecular complexity index is 411. The predicted molar refractivity (Wildman–Crippen MR) is 61.7 cm³/mol. The zero-order valence-electron chi connectivity index (χ0n) is 9.51. The number of carbonyl (C=O) groups excluding carboxylic acids is 1. The number of methoxy groups -OCH3 is 1. The van der Waals surface area contributed by atoms with Crippen LogP contribution in [0.3, 0.4) is 0 Å². The van der Waals surface area contributed by atoms with Crippen molar-refractivity contribution in [1.29, 1.82) is 0 Å². The van der Waals surface area contributed by atoms with Crippen molar-refractivity contribution in [3.8, 4) is 0 Å². The van der Waals surface area contributed by atoms with Crippen LogP contribution < -0.4 is 0 Å². The normalized spacial score (nSPS) is 20.6. The van der Waals surface area contributed by atoms with Crippen molar-refractivity contribution in [1.82, 2.24) is 4.90 Å². The molecule has 84 valence electrons. The van der Waals surface area contributed by atoms with Gasteiger partial charge in [0.2, 0.25) is 5.91 Å². The SMILES string of the molecule is COC1=CC(=O)N(C)C(c2ccccc2)C1. The molecule has 1 heterocycles. The second-order valence-electron chi connectivity index (χ2n) is 3.89. The molecule has 1 aliphatic heterocycles. The highest BCUT2D eigenvalue weighted by Gasteiger charge is 2.27. The summed E-state index contributed by atoms with van der Waals surface area (Å²) in [5, 5.41) is 0.